The van der Waals surface area contributed by atoms with E-state index in [2.05, 4.69) is 60.6 Å². The number of ether oxygens (including phenoxy) is 1. The first-order valence-electron chi connectivity index (χ1n) is 11.2. The quantitative estimate of drug-likeness (QED) is 0.611. The molecule has 3 fully saturated rings. The second kappa shape index (κ2) is 6.02. The fourth-order valence-corrected chi connectivity index (χ4v) is 5.06. The number of carbonyl (C=O) groups excluding carboxylic acids is 1. The van der Waals surface area contributed by atoms with Crippen LogP contribution in [0.1, 0.15) is 103 Å². The number of hydrogen-bond acceptors (Lipinski definition) is 3. The molecule has 0 heterocycles. The fraction of sp³-hybridized carbons (Fsp3) is 0.692. The van der Waals surface area contributed by atoms with Gasteiger partial charge in [0, 0.05) is 5.41 Å². The molecule has 0 unspecified atom stereocenters. The molecule has 3 nitrogen and oxygen atoms in total. The third kappa shape index (κ3) is 3.20. The Kier molecular flexibility index (Phi) is 4.30. The highest BCUT2D eigenvalue weighted by Gasteiger charge is 2.72. The van der Waals surface area contributed by atoms with Gasteiger partial charge in [-0.2, -0.15) is 0 Å². The highest BCUT2D eigenvalue weighted by molar-refractivity contribution is 5.84. The monoisotopic (exact) mass is 397 g/mol. The van der Waals surface area contributed by atoms with Crippen LogP contribution in [0.4, 0.5) is 0 Å². The Morgan fingerprint density at radius 1 is 0.966 bits per heavy atom. The number of rotatable bonds is 5. The zero-order valence-electron chi connectivity index (χ0n) is 19.1. The number of esters is 1. The predicted octanol–water partition coefficient (Wildman–Crippen LogP) is 6.10. The van der Waals surface area contributed by atoms with Crippen molar-refractivity contribution in [3.8, 4) is 5.75 Å². The van der Waals surface area contributed by atoms with Gasteiger partial charge in [-0.15, -0.1) is 0 Å². The molecule has 3 aliphatic carbocycles. The van der Waals surface area contributed by atoms with Crippen LogP contribution < -0.4 is 0 Å². The minimum Gasteiger partial charge on any atom is -0.507 e. The standard InChI is InChI=1S/C26H37O3/c1-8-24(9-10-24)29-21(28)26(13-14-26)25(11-12-25)17-15-18(22(2,3)4)20(27)19(16-17)23(5,6)7/h15-16,27H,1,8-14H2,2-7H3. The third-order valence-corrected chi connectivity index (χ3v) is 7.66. The zero-order valence-corrected chi connectivity index (χ0v) is 19.1. The molecule has 3 aliphatic rings. The number of hydrogen-bond donors (Lipinski definition) is 1. The number of carbonyl (C=O) groups is 1. The summed E-state index contributed by atoms with van der Waals surface area (Å²) in [5.74, 6) is 0.407. The van der Waals surface area contributed by atoms with Gasteiger partial charge >= 0.3 is 5.97 Å². The van der Waals surface area contributed by atoms with Gasteiger partial charge in [0.15, 0.2) is 0 Å². The van der Waals surface area contributed by atoms with Crippen molar-refractivity contribution >= 4 is 5.97 Å². The van der Waals surface area contributed by atoms with Crippen LogP contribution in [0, 0.1) is 12.3 Å². The molecule has 0 amide bonds. The number of phenols is 1. The molecule has 0 aliphatic heterocycles. The summed E-state index contributed by atoms with van der Waals surface area (Å²) in [6.45, 7) is 16.9. The molecule has 0 spiro atoms. The van der Waals surface area contributed by atoms with Gasteiger partial charge in [-0.05, 0) is 79.4 Å². The van der Waals surface area contributed by atoms with Crippen molar-refractivity contribution in [3.05, 3.63) is 35.7 Å². The average molecular weight is 398 g/mol. The van der Waals surface area contributed by atoms with Crippen LogP contribution in [0.15, 0.2) is 12.1 Å². The highest BCUT2D eigenvalue weighted by atomic mass is 16.6. The molecule has 1 aromatic carbocycles. The van der Waals surface area contributed by atoms with E-state index in [4.69, 9.17) is 4.74 Å². The minimum absolute atomic E-state index is 0.00107. The van der Waals surface area contributed by atoms with Gasteiger partial charge in [-0.3, -0.25) is 4.79 Å². The number of benzene rings is 1. The third-order valence-electron chi connectivity index (χ3n) is 7.66. The van der Waals surface area contributed by atoms with Crippen molar-refractivity contribution < 1.29 is 14.6 Å². The van der Waals surface area contributed by atoms with Gasteiger partial charge < -0.3 is 9.84 Å². The lowest BCUT2D eigenvalue weighted by atomic mass is 9.73. The van der Waals surface area contributed by atoms with Crippen molar-refractivity contribution in [2.24, 2.45) is 5.41 Å². The lowest BCUT2D eigenvalue weighted by molar-refractivity contribution is -0.159. The van der Waals surface area contributed by atoms with E-state index in [-0.39, 0.29) is 33.2 Å². The molecular formula is C26H37O3. The van der Waals surface area contributed by atoms with Gasteiger partial charge in [0.2, 0.25) is 0 Å². The summed E-state index contributed by atoms with van der Waals surface area (Å²) in [4.78, 5) is 13.3. The van der Waals surface area contributed by atoms with Crippen LogP contribution in [0.2, 0.25) is 0 Å². The summed E-state index contributed by atoms with van der Waals surface area (Å²) in [6, 6.07) is 4.36. The summed E-state index contributed by atoms with van der Waals surface area (Å²) in [5, 5.41) is 11.1. The van der Waals surface area contributed by atoms with Crippen LogP contribution >= 0.6 is 0 Å². The number of aromatic hydroxyl groups is 1. The first-order chi connectivity index (χ1) is 13.3. The maximum Gasteiger partial charge on any atom is 0.313 e. The number of phenolic OH excluding ortho intramolecular Hbond substituents is 1. The SMILES string of the molecule is [CH2]CC1(OC(=O)C2(C3(c4cc(C(C)(C)C)c(O)c(C(C)(C)C)c4)CC3)CC2)CC1. The average Bonchev–Trinajstić information content (AvgIpc) is 3.46. The topological polar surface area (TPSA) is 46.5 Å². The second-order valence-electron chi connectivity index (χ2n) is 11.9. The Bertz CT molecular complexity index is 803. The van der Waals surface area contributed by atoms with E-state index >= 15 is 0 Å². The predicted molar refractivity (Wildman–Crippen MR) is 116 cm³/mol. The van der Waals surface area contributed by atoms with Crippen molar-refractivity contribution in [3.63, 3.8) is 0 Å². The smallest absolute Gasteiger partial charge is 0.313 e. The molecule has 159 valence electrons. The van der Waals surface area contributed by atoms with Gasteiger partial charge in [-0.25, -0.2) is 0 Å². The first-order valence-corrected chi connectivity index (χ1v) is 11.2. The maximum atomic E-state index is 13.3. The van der Waals surface area contributed by atoms with Crippen LogP contribution in [-0.2, 0) is 25.8 Å². The lowest BCUT2D eigenvalue weighted by Gasteiger charge is -2.33. The normalized spacial score (nSPS) is 23.4. The van der Waals surface area contributed by atoms with E-state index in [1.54, 1.807) is 0 Å². The molecule has 3 saturated carbocycles. The van der Waals surface area contributed by atoms with Crippen LogP contribution in [0.5, 0.6) is 5.75 Å². The van der Waals surface area contributed by atoms with Crippen molar-refractivity contribution in [1.82, 2.24) is 0 Å². The molecule has 0 saturated heterocycles. The van der Waals surface area contributed by atoms with Crippen molar-refractivity contribution in [2.75, 3.05) is 0 Å². The minimum atomic E-state index is -0.376. The summed E-state index contributed by atoms with van der Waals surface area (Å²) in [7, 11) is 0. The Morgan fingerprint density at radius 2 is 1.45 bits per heavy atom. The highest BCUT2D eigenvalue weighted by Crippen LogP contribution is 2.72. The van der Waals surface area contributed by atoms with E-state index in [1.165, 1.54) is 5.56 Å². The van der Waals surface area contributed by atoms with Gasteiger partial charge in [0.05, 0.1) is 5.41 Å². The molecule has 29 heavy (non-hydrogen) atoms. The Balaban J connectivity index is 1.77. The summed E-state index contributed by atoms with van der Waals surface area (Å²) in [5.41, 5.74) is 2.05. The molecule has 4 rings (SSSR count). The summed E-state index contributed by atoms with van der Waals surface area (Å²) >= 11 is 0. The van der Waals surface area contributed by atoms with Crippen LogP contribution in [-0.4, -0.2) is 16.7 Å². The molecule has 1 aromatic rings. The largest absolute Gasteiger partial charge is 0.507 e. The van der Waals surface area contributed by atoms with E-state index in [9.17, 15) is 9.90 Å². The van der Waals surface area contributed by atoms with E-state index in [0.29, 0.717) is 12.2 Å². The molecule has 0 aromatic heterocycles. The second-order valence-corrected chi connectivity index (χ2v) is 11.9. The van der Waals surface area contributed by atoms with Crippen molar-refractivity contribution in [1.29, 1.82) is 0 Å². The Hall–Kier alpha value is -1.51. The van der Waals surface area contributed by atoms with E-state index in [0.717, 1.165) is 49.7 Å². The Morgan fingerprint density at radius 3 is 1.76 bits per heavy atom. The molecular weight excluding hydrogens is 360 g/mol. The van der Waals surface area contributed by atoms with Gasteiger partial charge in [0.1, 0.15) is 11.4 Å². The van der Waals surface area contributed by atoms with Crippen molar-refractivity contribution in [2.45, 2.75) is 108 Å². The fourth-order valence-electron chi connectivity index (χ4n) is 5.06. The van der Waals surface area contributed by atoms with E-state index < -0.39 is 0 Å². The molecule has 1 radical (unpaired) electrons. The molecule has 1 N–H and O–H groups in total. The molecule has 3 heteroatoms. The maximum absolute atomic E-state index is 13.3. The van der Waals surface area contributed by atoms with Gasteiger partial charge in [-0.1, -0.05) is 53.7 Å². The van der Waals surface area contributed by atoms with Crippen LogP contribution in [0.25, 0.3) is 0 Å². The summed E-state index contributed by atoms with van der Waals surface area (Å²) in [6.07, 6.45) is 6.45. The molecule has 0 bridgehead atoms. The van der Waals surface area contributed by atoms with Crippen LogP contribution in [0.3, 0.4) is 0 Å². The Labute approximate surface area is 176 Å². The molecule has 0 atom stereocenters. The summed E-state index contributed by atoms with van der Waals surface area (Å²) < 4.78 is 6.04. The zero-order chi connectivity index (χ0) is 21.5. The van der Waals surface area contributed by atoms with E-state index in [1.807, 2.05) is 0 Å². The van der Waals surface area contributed by atoms with Gasteiger partial charge in [0.25, 0.3) is 0 Å². The first kappa shape index (κ1) is 20.8. The lowest BCUT2D eigenvalue weighted by Crippen LogP contribution is -2.35.